The van der Waals surface area contributed by atoms with Crippen molar-refractivity contribution in [1.82, 2.24) is 25.7 Å². The van der Waals surface area contributed by atoms with E-state index in [4.69, 9.17) is 4.52 Å². The molecule has 2 aliphatic heterocycles. The second kappa shape index (κ2) is 14.2. The SMILES string of the molecule is CCCCNC(=O)c1ccc2c(c1)N(Cc1nc(-c3ccc(C(C)(C)C)cc3)no1)C(=O)C(NC(=O)[C@@H]1CCCN1C(C)=O)CS2=O. The van der Waals surface area contributed by atoms with Gasteiger partial charge in [0, 0.05) is 31.1 Å². The summed E-state index contributed by atoms with van der Waals surface area (Å²) in [6.45, 7) is 10.6. The van der Waals surface area contributed by atoms with Crippen LogP contribution < -0.4 is 15.5 Å². The number of likely N-dealkylation sites (tertiary alicyclic amines) is 1. The van der Waals surface area contributed by atoms with Gasteiger partial charge >= 0.3 is 0 Å². The maximum absolute atomic E-state index is 14.2. The Bertz CT molecular complexity index is 1680. The number of hydrogen-bond acceptors (Lipinski definition) is 8. The Morgan fingerprint density at radius 3 is 2.53 bits per heavy atom. The molecule has 0 bridgehead atoms. The Labute approximate surface area is 277 Å². The third kappa shape index (κ3) is 7.61. The van der Waals surface area contributed by atoms with Crippen LogP contribution in [-0.4, -0.2) is 73.8 Å². The van der Waals surface area contributed by atoms with E-state index in [1.165, 1.54) is 22.8 Å². The first-order valence-electron chi connectivity index (χ1n) is 16.0. The predicted octanol–water partition coefficient (Wildman–Crippen LogP) is 3.71. The standard InChI is InChI=1S/C34H42N6O6S/c1-6-7-16-35-31(42)23-12-15-28-27(18-23)40(19-29-37-30(38-46-29)22-10-13-24(14-11-22)34(3,4)5)33(44)25(20-47(28)45)36-32(43)26-9-8-17-39(26)21(2)41/h10-15,18,25-26H,6-9,16-17,19-20H2,1-5H3,(H,35,42)(H,36,43)/t25?,26-,47?/m0/s1. The lowest BCUT2D eigenvalue weighted by molar-refractivity contribution is -0.137. The summed E-state index contributed by atoms with van der Waals surface area (Å²) >= 11 is 0. The average molecular weight is 663 g/mol. The molecule has 12 nitrogen and oxygen atoms in total. The van der Waals surface area contributed by atoms with E-state index >= 15 is 0 Å². The van der Waals surface area contributed by atoms with Crippen molar-refractivity contribution >= 4 is 40.1 Å². The molecule has 0 saturated carbocycles. The first-order chi connectivity index (χ1) is 22.4. The molecule has 3 heterocycles. The third-order valence-electron chi connectivity index (χ3n) is 8.50. The van der Waals surface area contributed by atoms with E-state index in [1.807, 2.05) is 31.2 Å². The highest BCUT2D eigenvalue weighted by molar-refractivity contribution is 7.85. The van der Waals surface area contributed by atoms with Crippen molar-refractivity contribution in [3.63, 3.8) is 0 Å². The quantitative estimate of drug-likeness (QED) is 0.329. The van der Waals surface area contributed by atoms with Gasteiger partial charge in [0.1, 0.15) is 18.6 Å². The molecule has 0 spiro atoms. The van der Waals surface area contributed by atoms with Gasteiger partial charge in [-0.25, -0.2) is 0 Å². The second-order valence-corrected chi connectivity index (χ2v) is 14.5. The summed E-state index contributed by atoms with van der Waals surface area (Å²) < 4.78 is 19.3. The Hall–Kier alpha value is -4.39. The smallest absolute Gasteiger partial charge is 0.251 e. The minimum absolute atomic E-state index is 0.0264. The zero-order valence-electron chi connectivity index (χ0n) is 27.5. The van der Waals surface area contributed by atoms with Crippen molar-refractivity contribution in [2.45, 2.75) is 89.2 Å². The van der Waals surface area contributed by atoms with Crippen molar-refractivity contribution in [1.29, 1.82) is 0 Å². The van der Waals surface area contributed by atoms with E-state index in [-0.39, 0.29) is 41.1 Å². The molecule has 1 fully saturated rings. The van der Waals surface area contributed by atoms with E-state index in [9.17, 15) is 23.4 Å². The molecule has 1 aromatic heterocycles. The Balaban J connectivity index is 1.47. The molecule has 13 heteroatoms. The monoisotopic (exact) mass is 662 g/mol. The normalized spacial score (nSPS) is 19.7. The van der Waals surface area contributed by atoms with E-state index in [2.05, 4.69) is 41.5 Å². The number of hydrogen-bond donors (Lipinski definition) is 2. The highest BCUT2D eigenvalue weighted by Crippen LogP contribution is 2.32. The molecule has 4 amide bonds. The number of carbonyl (C=O) groups is 4. The number of carbonyl (C=O) groups excluding carboxylic acids is 4. The fraction of sp³-hybridized carbons (Fsp3) is 0.471. The number of fused-ring (bicyclic) bond motifs is 1. The van der Waals surface area contributed by atoms with E-state index in [1.54, 1.807) is 12.1 Å². The van der Waals surface area contributed by atoms with Crippen LogP contribution in [0.5, 0.6) is 0 Å². The zero-order valence-corrected chi connectivity index (χ0v) is 28.3. The lowest BCUT2D eigenvalue weighted by Crippen LogP contribution is -2.54. The molecule has 2 unspecified atom stereocenters. The van der Waals surface area contributed by atoms with Gasteiger partial charge in [-0.1, -0.05) is 63.5 Å². The maximum Gasteiger partial charge on any atom is 0.251 e. The van der Waals surface area contributed by atoms with Crippen LogP contribution in [0.3, 0.4) is 0 Å². The van der Waals surface area contributed by atoms with Gasteiger partial charge < -0.3 is 20.1 Å². The first-order valence-corrected chi connectivity index (χ1v) is 17.3. The van der Waals surface area contributed by atoms with E-state index < -0.39 is 34.7 Å². The van der Waals surface area contributed by atoms with Gasteiger partial charge in [-0.3, -0.25) is 28.3 Å². The fourth-order valence-corrected chi connectivity index (χ4v) is 7.13. The number of aromatic nitrogens is 2. The molecule has 5 rings (SSSR count). The van der Waals surface area contributed by atoms with Gasteiger partial charge in [0.2, 0.25) is 23.5 Å². The second-order valence-electron chi connectivity index (χ2n) is 13.0. The van der Waals surface area contributed by atoms with Gasteiger partial charge in [-0.2, -0.15) is 4.98 Å². The topological polar surface area (TPSA) is 155 Å². The molecular formula is C34H42N6O6S. The highest BCUT2D eigenvalue weighted by atomic mass is 32.2. The van der Waals surface area contributed by atoms with Gasteiger partial charge in [0.05, 0.1) is 27.1 Å². The van der Waals surface area contributed by atoms with Crippen LogP contribution in [0.15, 0.2) is 51.9 Å². The summed E-state index contributed by atoms with van der Waals surface area (Å²) in [5.41, 5.74) is 2.41. The molecule has 1 saturated heterocycles. The first kappa shape index (κ1) is 34.0. The zero-order chi connectivity index (χ0) is 33.9. The average Bonchev–Trinajstić information content (AvgIpc) is 3.71. The molecule has 0 aliphatic carbocycles. The van der Waals surface area contributed by atoms with Crippen LogP contribution in [0, 0.1) is 0 Å². The van der Waals surface area contributed by atoms with Crippen LogP contribution in [0.4, 0.5) is 5.69 Å². The summed E-state index contributed by atoms with van der Waals surface area (Å²) in [6.07, 6.45) is 2.86. The van der Waals surface area contributed by atoms with Crippen LogP contribution in [-0.2, 0) is 37.1 Å². The molecule has 0 radical (unpaired) electrons. The number of amides is 4. The van der Waals surface area contributed by atoms with Crippen LogP contribution >= 0.6 is 0 Å². The lowest BCUT2D eigenvalue weighted by Gasteiger charge is -2.27. The Kier molecular flexibility index (Phi) is 10.2. The summed E-state index contributed by atoms with van der Waals surface area (Å²) in [5, 5.41) is 9.79. The van der Waals surface area contributed by atoms with Crippen LogP contribution in [0.25, 0.3) is 11.4 Å². The summed E-state index contributed by atoms with van der Waals surface area (Å²) in [4.78, 5) is 60.4. The molecule has 3 aromatic rings. The molecule has 2 aliphatic rings. The molecule has 47 heavy (non-hydrogen) atoms. The molecule has 2 aromatic carbocycles. The van der Waals surface area contributed by atoms with Crippen molar-refractivity contribution in [2.24, 2.45) is 0 Å². The van der Waals surface area contributed by atoms with Crippen molar-refractivity contribution in [2.75, 3.05) is 23.7 Å². The van der Waals surface area contributed by atoms with E-state index in [0.29, 0.717) is 42.2 Å². The number of anilines is 1. The number of nitrogens with zero attached hydrogens (tertiary/aromatic N) is 4. The van der Waals surface area contributed by atoms with Crippen molar-refractivity contribution in [3.8, 4) is 11.4 Å². The number of benzene rings is 2. The summed E-state index contributed by atoms with van der Waals surface area (Å²) in [6, 6.07) is 10.6. The van der Waals surface area contributed by atoms with Gasteiger partial charge in [-0.15, -0.1) is 0 Å². The summed E-state index contributed by atoms with van der Waals surface area (Å²) in [5.74, 6) is -1.29. The highest BCUT2D eigenvalue weighted by Gasteiger charge is 2.39. The largest absolute Gasteiger partial charge is 0.352 e. The number of rotatable bonds is 9. The Morgan fingerprint density at radius 1 is 1.11 bits per heavy atom. The van der Waals surface area contributed by atoms with Gasteiger partial charge in [0.25, 0.3) is 11.8 Å². The van der Waals surface area contributed by atoms with Gasteiger partial charge in [-0.05, 0) is 48.4 Å². The molecule has 2 N–H and O–H groups in total. The Morgan fingerprint density at radius 2 is 1.85 bits per heavy atom. The van der Waals surface area contributed by atoms with Gasteiger partial charge in [0.15, 0.2) is 0 Å². The fourth-order valence-electron chi connectivity index (χ4n) is 5.80. The lowest BCUT2D eigenvalue weighted by atomic mass is 9.87. The van der Waals surface area contributed by atoms with Crippen molar-refractivity contribution in [3.05, 3.63) is 59.5 Å². The predicted molar refractivity (Wildman–Crippen MR) is 177 cm³/mol. The number of unbranched alkanes of at least 4 members (excludes halogenated alkanes) is 1. The molecule has 250 valence electrons. The molecular weight excluding hydrogens is 620 g/mol. The molecule has 3 atom stereocenters. The van der Waals surface area contributed by atoms with Crippen LogP contribution in [0.2, 0.25) is 0 Å². The summed E-state index contributed by atoms with van der Waals surface area (Å²) in [7, 11) is -1.72. The minimum atomic E-state index is -1.72. The maximum atomic E-state index is 14.2. The van der Waals surface area contributed by atoms with Crippen LogP contribution in [0.1, 0.15) is 82.1 Å². The number of nitrogens with one attached hydrogen (secondary N) is 2. The van der Waals surface area contributed by atoms with E-state index in [0.717, 1.165) is 24.0 Å². The van der Waals surface area contributed by atoms with Crippen molar-refractivity contribution < 1.29 is 27.9 Å². The third-order valence-corrected chi connectivity index (χ3v) is 9.97. The minimum Gasteiger partial charge on any atom is -0.352 e.